The van der Waals surface area contributed by atoms with Crippen LogP contribution in [0, 0.1) is 0 Å². The normalized spacial score (nSPS) is 17.0. The van der Waals surface area contributed by atoms with Crippen LogP contribution in [0.1, 0.15) is 23.2 Å². The molecule has 3 aromatic rings. The summed E-state index contributed by atoms with van der Waals surface area (Å²) in [5, 5.41) is 9.20. The van der Waals surface area contributed by atoms with Crippen LogP contribution < -0.4 is 5.69 Å². The van der Waals surface area contributed by atoms with Crippen LogP contribution in [0.4, 0.5) is 0 Å². The molecule has 2 aromatic carbocycles. The van der Waals surface area contributed by atoms with Gasteiger partial charge >= 0.3 is 5.69 Å². The van der Waals surface area contributed by atoms with E-state index in [4.69, 9.17) is 4.74 Å². The molecule has 4 rings (SSSR count). The number of benzene rings is 2. The Morgan fingerprint density at radius 3 is 2.92 bits per heavy atom. The fraction of sp³-hybridized carbons (Fsp3) is 0.316. The molecule has 26 heavy (non-hydrogen) atoms. The summed E-state index contributed by atoms with van der Waals surface area (Å²) in [6.45, 7) is 1.21. The molecule has 0 bridgehead atoms. The molecular weight excluding hydrogens is 350 g/mol. The average Bonchev–Trinajstić information content (AvgIpc) is 3.30. The molecule has 7 heteroatoms. The molecule has 1 saturated heterocycles. The van der Waals surface area contributed by atoms with Crippen LogP contribution >= 0.6 is 11.8 Å². The number of nitrogens with zero attached hydrogens (tertiary/aromatic N) is 2. The molecule has 1 aliphatic rings. The van der Waals surface area contributed by atoms with Crippen molar-refractivity contribution in [2.75, 3.05) is 12.4 Å². The lowest BCUT2D eigenvalue weighted by molar-refractivity contribution is 0.0941. The van der Waals surface area contributed by atoms with Gasteiger partial charge in [0.05, 0.1) is 18.4 Å². The number of aromatic nitrogens is 3. The number of ketones is 1. The standard InChI is InChI=1S/C19H19N3O3S/c23-17(15-8-7-13-4-1-2-5-14(13)10-15)12-26-19-21-20-18(24)22(19)11-16-6-3-9-25-16/h1-2,4-5,7-8,10,16H,3,6,9,11-12H2,(H,20,24)/t16-/m1/s1. The van der Waals surface area contributed by atoms with Gasteiger partial charge in [-0.1, -0.05) is 48.2 Å². The third-order valence-electron chi connectivity index (χ3n) is 4.54. The zero-order valence-corrected chi connectivity index (χ0v) is 15.0. The molecule has 0 saturated carbocycles. The SMILES string of the molecule is O=C(CSc1n[nH]c(=O)n1C[C@H]1CCCO1)c1ccc2ccccc2c1. The van der Waals surface area contributed by atoms with E-state index >= 15 is 0 Å². The molecule has 1 atom stereocenters. The topological polar surface area (TPSA) is 77.0 Å². The highest BCUT2D eigenvalue weighted by Crippen LogP contribution is 2.21. The van der Waals surface area contributed by atoms with Gasteiger partial charge in [-0.3, -0.25) is 9.36 Å². The molecule has 0 amide bonds. The number of carbonyl (C=O) groups excluding carboxylic acids is 1. The van der Waals surface area contributed by atoms with E-state index < -0.39 is 0 Å². The number of fused-ring (bicyclic) bond motifs is 1. The van der Waals surface area contributed by atoms with Gasteiger partial charge in [-0.25, -0.2) is 9.89 Å². The number of thioether (sulfide) groups is 1. The quantitative estimate of drug-likeness (QED) is 0.534. The number of Topliss-reactive ketones (excluding diaryl/α,β-unsaturated/α-hetero) is 1. The predicted molar refractivity (Wildman–Crippen MR) is 101 cm³/mol. The van der Waals surface area contributed by atoms with Crippen LogP contribution in [0.3, 0.4) is 0 Å². The van der Waals surface area contributed by atoms with Gasteiger partial charge in [0, 0.05) is 12.2 Å². The lowest BCUT2D eigenvalue weighted by Crippen LogP contribution is -2.25. The van der Waals surface area contributed by atoms with E-state index in [0.717, 1.165) is 30.2 Å². The Morgan fingerprint density at radius 1 is 1.27 bits per heavy atom. The number of rotatable bonds is 6. The highest BCUT2D eigenvalue weighted by atomic mass is 32.2. The van der Waals surface area contributed by atoms with Crippen LogP contribution in [-0.2, 0) is 11.3 Å². The first-order valence-electron chi connectivity index (χ1n) is 8.62. The van der Waals surface area contributed by atoms with Crippen LogP contribution in [0.2, 0.25) is 0 Å². The van der Waals surface area contributed by atoms with E-state index in [1.54, 1.807) is 4.57 Å². The molecule has 0 spiro atoms. The number of carbonyl (C=O) groups is 1. The zero-order valence-electron chi connectivity index (χ0n) is 14.2. The zero-order chi connectivity index (χ0) is 17.9. The highest BCUT2D eigenvalue weighted by Gasteiger charge is 2.20. The fourth-order valence-corrected chi connectivity index (χ4v) is 3.99. The monoisotopic (exact) mass is 369 g/mol. The van der Waals surface area contributed by atoms with E-state index in [9.17, 15) is 9.59 Å². The second-order valence-corrected chi connectivity index (χ2v) is 7.27. The van der Waals surface area contributed by atoms with E-state index in [0.29, 0.717) is 17.3 Å². The third-order valence-corrected chi connectivity index (χ3v) is 5.51. The summed E-state index contributed by atoms with van der Waals surface area (Å²) in [6.07, 6.45) is 2.00. The number of ether oxygens (including phenoxy) is 1. The first kappa shape index (κ1) is 17.1. The van der Waals surface area contributed by atoms with Crippen molar-refractivity contribution in [3.8, 4) is 0 Å². The Morgan fingerprint density at radius 2 is 2.12 bits per heavy atom. The highest BCUT2D eigenvalue weighted by molar-refractivity contribution is 7.99. The Kier molecular flexibility index (Phi) is 4.90. The summed E-state index contributed by atoms with van der Waals surface area (Å²) in [5.74, 6) is 0.244. The van der Waals surface area contributed by atoms with Crippen molar-refractivity contribution in [2.45, 2.75) is 30.6 Å². The second-order valence-electron chi connectivity index (χ2n) is 6.33. The maximum Gasteiger partial charge on any atom is 0.344 e. The molecular formula is C19H19N3O3S. The van der Waals surface area contributed by atoms with Crippen molar-refractivity contribution < 1.29 is 9.53 Å². The molecule has 6 nitrogen and oxygen atoms in total. The minimum atomic E-state index is -0.263. The van der Waals surface area contributed by atoms with Crippen LogP contribution in [0.15, 0.2) is 52.4 Å². The van der Waals surface area contributed by atoms with Gasteiger partial charge in [0.15, 0.2) is 10.9 Å². The summed E-state index contributed by atoms with van der Waals surface area (Å²) in [6, 6.07) is 13.6. The van der Waals surface area contributed by atoms with Gasteiger partial charge in [-0.15, -0.1) is 5.10 Å². The largest absolute Gasteiger partial charge is 0.376 e. The van der Waals surface area contributed by atoms with Gasteiger partial charge in [-0.05, 0) is 29.7 Å². The number of aromatic amines is 1. The molecule has 1 aromatic heterocycles. The third kappa shape index (κ3) is 3.59. The first-order chi connectivity index (χ1) is 12.7. The molecule has 2 heterocycles. The fourth-order valence-electron chi connectivity index (χ4n) is 3.14. The maximum absolute atomic E-state index is 12.6. The molecule has 134 valence electrons. The Balaban J connectivity index is 1.46. The van der Waals surface area contributed by atoms with Gasteiger partial charge in [0.1, 0.15) is 0 Å². The molecule has 0 unspecified atom stereocenters. The summed E-state index contributed by atoms with van der Waals surface area (Å²) in [5.41, 5.74) is 0.404. The number of H-pyrrole nitrogens is 1. The van der Waals surface area contributed by atoms with Gasteiger partial charge < -0.3 is 4.74 Å². The van der Waals surface area contributed by atoms with Gasteiger partial charge in [0.2, 0.25) is 0 Å². The summed E-state index contributed by atoms with van der Waals surface area (Å²) in [4.78, 5) is 24.5. The van der Waals surface area contributed by atoms with Gasteiger partial charge in [-0.2, -0.15) is 0 Å². The van der Waals surface area contributed by atoms with Crippen molar-refractivity contribution >= 4 is 28.3 Å². The van der Waals surface area contributed by atoms with Gasteiger partial charge in [0.25, 0.3) is 0 Å². The Bertz CT molecular complexity index is 989. The molecule has 1 N–H and O–H groups in total. The van der Waals surface area contributed by atoms with Crippen LogP contribution in [0.5, 0.6) is 0 Å². The second kappa shape index (κ2) is 7.47. The number of hydrogen-bond acceptors (Lipinski definition) is 5. The minimum absolute atomic E-state index is 0.0138. The lowest BCUT2D eigenvalue weighted by Gasteiger charge is -2.10. The molecule has 0 radical (unpaired) electrons. The number of hydrogen-bond donors (Lipinski definition) is 1. The molecule has 1 aliphatic heterocycles. The summed E-state index contributed by atoms with van der Waals surface area (Å²) >= 11 is 1.28. The van der Waals surface area contributed by atoms with Crippen LogP contribution in [0.25, 0.3) is 10.8 Å². The Hall–Kier alpha value is -2.38. The lowest BCUT2D eigenvalue weighted by atomic mass is 10.1. The molecule has 0 aliphatic carbocycles. The first-order valence-corrected chi connectivity index (χ1v) is 9.61. The number of nitrogens with one attached hydrogen (secondary N) is 1. The van der Waals surface area contributed by atoms with Crippen LogP contribution in [-0.4, -0.2) is 39.0 Å². The van der Waals surface area contributed by atoms with Crippen molar-refractivity contribution in [3.05, 3.63) is 58.5 Å². The summed E-state index contributed by atoms with van der Waals surface area (Å²) in [7, 11) is 0. The van der Waals surface area contributed by atoms with E-state index in [1.807, 2.05) is 42.5 Å². The van der Waals surface area contributed by atoms with Crippen molar-refractivity contribution in [3.63, 3.8) is 0 Å². The predicted octanol–water partition coefficient (Wildman–Crippen LogP) is 2.88. The van der Waals surface area contributed by atoms with Crippen molar-refractivity contribution in [1.82, 2.24) is 14.8 Å². The average molecular weight is 369 g/mol. The van der Waals surface area contributed by atoms with Crippen molar-refractivity contribution in [2.24, 2.45) is 0 Å². The minimum Gasteiger partial charge on any atom is -0.376 e. The van der Waals surface area contributed by atoms with E-state index in [1.165, 1.54) is 11.8 Å². The van der Waals surface area contributed by atoms with Crippen molar-refractivity contribution in [1.29, 1.82) is 0 Å². The van der Waals surface area contributed by atoms with E-state index in [2.05, 4.69) is 10.2 Å². The maximum atomic E-state index is 12.6. The Labute approximate surface area is 154 Å². The summed E-state index contributed by atoms with van der Waals surface area (Å²) < 4.78 is 7.16. The molecule has 1 fully saturated rings. The smallest absolute Gasteiger partial charge is 0.344 e. The van der Waals surface area contributed by atoms with E-state index in [-0.39, 0.29) is 23.3 Å².